The number of aromatic nitrogens is 1. The van der Waals surface area contributed by atoms with Gasteiger partial charge in [-0.25, -0.2) is 9.78 Å². The summed E-state index contributed by atoms with van der Waals surface area (Å²) >= 11 is 1.07. The molecule has 1 aromatic rings. The van der Waals surface area contributed by atoms with Gasteiger partial charge in [-0.05, 0) is 18.6 Å². The first-order chi connectivity index (χ1) is 8.58. The highest BCUT2D eigenvalue weighted by molar-refractivity contribution is 8.00. The molecule has 2 rings (SSSR count). The number of rotatable bonds is 3. The Morgan fingerprint density at radius 3 is 2.94 bits per heavy atom. The maximum absolute atomic E-state index is 11.6. The van der Waals surface area contributed by atoms with Gasteiger partial charge in [0.25, 0.3) is 0 Å². The average molecular weight is 266 g/mol. The minimum atomic E-state index is -1.09. The van der Waals surface area contributed by atoms with Gasteiger partial charge in [-0.2, -0.15) is 0 Å². The van der Waals surface area contributed by atoms with Crippen LogP contribution in [0.15, 0.2) is 23.4 Å². The molecule has 0 radical (unpaired) electrons. The second-order valence-corrected chi connectivity index (χ2v) is 4.91. The van der Waals surface area contributed by atoms with E-state index in [2.05, 4.69) is 10.3 Å². The molecule has 1 aliphatic heterocycles. The molecule has 0 aliphatic carbocycles. The van der Waals surface area contributed by atoms with Crippen molar-refractivity contribution in [2.24, 2.45) is 0 Å². The van der Waals surface area contributed by atoms with E-state index in [1.807, 2.05) is 0 Å². The Morgan fingerprint density at radius 1 is 1.50 bits per heavy atom. The third kappa shape index (κ3) is 2.67. The fourth-order valence-corrected chi connectivity index (χ4v) is 2.64. The van der Waals surface area contributed by atoms with Gasteiger partial charge in [-0.3, -0.25) is 14.9 Å². The fraction of sp³-hybridized carbons (Fsp3) is 0.273. The van der Waals surface area contributed by atoms with Crippen LogP contribution in [0.5, 0.6) is 0 Å². The first kappa shape index (κ1) is 12.6. The second kappa shape index (κ2) is 5.18. The Morgan fingerprint density at radius 2 is 2.28 bits per heavy atom. The van der Waals surface area contributed by atoms with Crippen molar-refractivity contribution < 1.29 is 19.5 Å². The highest BCUT2D eigenvalue weighted by Crippen LogP contribution is 2.29. The standard InChI is InChI=1S/C11H10N2O4S/c14-8-4-3-7(9(15)13-8)18-10-6(11(16)17)2-1-5-12-10/h1-2,5,7H,3-4H2,(H,16,17)(H,13,14,15). The van der Waals surface area contributed by atoms with Crippen LogP contribution in [-0.2, 0) is 9.59 Å². The maximum atomic E-state index is 11.6. The van der Waals surface area contributed by atoms with Gasteiger partial charge < -0.3 is 5.11 Å². The molecule has 0 spiro atoms. The summed E-state index contributed by atoms with van der Waals surface area (Å²) in [6, 6.07) is 2.96. The van der Waals surface area contributed by atoms with Crippen molar-refractivity contribution >= 4 is 29.5 Å². The molecular formula is C11H10N2O4S. The normalized spacial score (nSPS) is 19.4. The molecule has 1 atom stereocenters. The lowest BCUT2D eigenvalue weighted by Gasteiger charge is -2.20. The molecule has 0 aromatic carbocycles. The van der Waals surface area contributed by atoms with E-state index in [1.165, 1.54) is 18.3 Å². The Hall–Kier alpha value is -1.89. The van der Waals surface area contributed by atoms with E-state index in [4.69, 9.17) is 5.11 Å². The van der Waals surface area contributed by atoms with Gasteiger partial charge >= 0.3 is 5.97 Å². The van der Waals surface area contributed by atoms with Crippen LogP contribution in [0.2, 0.25) is 0 Å². The van der Waals surface area contributed by atoms with Gasteiger partial charge in [0.2, 0.25) is 11.8 Å². The molecule has 18 heavy (non-hydrogen) atoms. The smallest absolute Gasteiger partial charge is 0.338 e. The van der Waals surface area contributed by atoms with Crippen LogP contribution in [0.3, 0.4) is 0 Å². The van der Waals surface area contributed by atoms with Crippen molar-refractivity contribution in [3.8, 4) is 0 Å². The van der Waals surface area contributed by atoms with E-state index >= 15 is 0 Å². The van der Waals surface area contributed by atoms with Gasteiger partial charge in [0.1, 0.15) is 5.03 Å². The van der Waals surface area contributed by atoms with E-state index in [9.17, 15) is 14.4 Å². The minimum Gasteiger partial charge on any atom is -0.478 e. The molecule has 1 fully saturated rings. The fourth-order valence-electron chi connectivity index (χ4n) is 1.57. The number of hydrogen-bond acceptors (Lipinski definition) is 5. The number of carboxylic acids is 1. The van der Waals surface area contributed by atoms with Crippen molar-refractivity contribution in [2.75, 3.05) is 0 Å². The van der Waals surface area contributed by atoms with Crippen LogP contribution in [-0.4, -0.2) is 33.1 Å². The van der Waals surface area contributed by atoms with Gasteiger partial charge in [-0.15, -0.1) is 0 Å². The number of carbonyl (C=O) groups excluding carboxylic acids is 2. The van der Waals surface area contributed by atoms with E-state index in [0.717, 1.165) is 11.8 Å². The first-order valence-electron chi connectivity index (χ1n) is 5.26. The Kier molecular flexibility index (Phi) is 3.61. The number of carbonyl (C=O) groups is 3. The molecule has 1 aliphatic rings. The van der Waals surface area contributed by atoms with Crippen molar-refractivity contribution in [3.05, 3.63) is 23.9 Å². The molecule has 6 nitrogen and oxygen atoms in total. The molecule has 1 unspecified atom stereocenters. The quantitative estimate of drug-likeness (QED) is 0.781. The summed E-state index contributed by atoms with van der Waals surface area (Å²) in [7, 11) is 0. The molecule has 2 N–H and O–H groups in total. The predicted octanol–water partition coefficient (Wildman–Crippen LogP) is 0.677. The van der Waals surface area contributed by atoms with Gasteiger partial charge in [-0.1, -0.05) is 11.8 Å². The summed E-state index contributed by atoms with van der Waals surface area (Å²) in [4.78, 5) is 37.5. The zero-order valence-corrected chi connectivity index (χ0v) is 10.1. The van der Waals surface area contributed by atoms with Crippen LogP contribution in [0.25, 0.3) is 0 Å². The Labute approximate surface area is 107 Å². The van der Waals surface area contributed by atoms with Crippen molar-refractivity contribution in [1.29, 1.82) is 0 Å². The Bertz CT molecular complexity index is 518. The molecule has 0 saturated carbocycles. The summed E-state index contributed by atoms with van der Waals surface area (Å²) in [5, 5.41) is 11.0. The highest BCUT2D eigenvalue weighted by atomic mass is 32.2. The van der Waals surface area contributed by atoms with E-state index in [0.29, 0.717) is 11.4 Å². The van der Waals surface area contributed by atoms with E-state index in [-0.39, 0.29) is 17.9 Å². The van der Waals surface area contributed by atoms with Gasteiger partial charge in [0.15, 0.2) is 0 Å². The van der Waals surface area contributed by atoms with Crippen LogP contribution < -0.4 is 5.32 Å². The number of pyridine rings is 1. The van der Waals surface area contributed by atoms with E-state index in [1.54, 1.807) is 0 Å². The molecule has 2 heterocycles. The molecule has 94 valence electrons. The molecule has 1 saturated heterocycles. The van der Waals surface area contributed by atoms with Crippen LogP contribution >= 0.6 is 11.8 Å². The van der Waals surface area contributed by atoms with Gasteiger partial charge in [0.05, 0.1) is 10.8 Å². The second-order valence-electron chi connectivity index (χ2n) is 3.72. The van der Waals surface area contributed by atoms with Crippen LogP contribution in [0.1, 0.15) is 23.2 Å². The third-order valence-corrected chi connectivity index (χ3v) is 3.73. The zero-order chi connectivity index (χ0) is 13.1. The lowest BCUT2D eigenvalue weighted by molar-refractivity contribution is -0.132. The number of imide groups is 1. The molecule has 7 heteroatoms. The number of nitrogens with one attached hydrogen (secondary N) is 1. The van der Waals surface area contributed by atoms with Crippen molar-refractivity contribution in [3.63, 3.8) is 0 Å². The molecule has 0 bridgehead atoms. The monoisotopic (exact) mass is 266 g/mol. The summed E-state index contributed by atoms with van der Waals surface area (Å²) in [5.74, 6) is -1.77. The lowest BCUT2D eigenvalue weighted by Crippen LogP contribution is -2.42. The number of amides is 2. The van der Waals surface area contributed by atoms with Crippen molar-refractivity contribution in [1.82, 2.24) is 10.3 Å². The zero-order valence-electron chi connectivity index (χ0n) is 9.25. The average Bonchev–Trinajstić information content (AvgIpc) is 2.33. The summed E-state index contributed by atoms with van der Waals surface area (Å²) in [5.41, 5.74) is 0.0622. The summed E-state index contributed by atoms with van der Waals surface area (Å²) < 4.78 is 0. The summed E-state index contributed by atoms with van der Waals surface area (Å²) in [6.07, 6.45) is 2.13. The predicted molar refractivity (Wildman–Crippen MR) is 63.2 cm³/mol. The van der Waals surface area contributed by atoms with Gasteiger partial charge in [0, 0.05) is 12.6 Å². The van der Waals surface area contributed by atoms with E-state index < -0.39 is 17.1 Å². The number of nitrogens with zero attached hydrogens (tertiary/aromatic N) is 1. The summed E-state index contributed by atoms with van der Waals surface area (Å²) in [6.45, 7) is 0. The Balaban J connectivity index is 2.17. The van der Waals surface area contributed by atoms with Crippen LogP contribution in [0, 0.1) is 0 Å². The number of aromatic carboxylic acids is 1. The number of hydrogen-bond donors (Lipinski definition) is 2. The largest absolute Gasteiger partial charge is 0.478 e. The number of carboxylic acid groups (broad SMARTS) is 1. The van der Waals surface area contributed by atoms with Crippen LogP contribution in [0.4, 0.5) is 0 Å². The number of piperidine rings is 1. The maximum Gasteiger partial charge on any atom is 0.338 e. The molecule has 1 aromatic heterocycles. The topological polar surface area (TPSA) is 96.4 Å². The van der Waals surface area contributed by atoms with Crippen molar-refractivity contribution in [2.45, 2.75) is 23.1 Å². The number of thioether (sulfide) groups is 1. The first-order valence-corrected chi connectivity index (χ1v) is 6.14. The third-order valence-electron chi connectivity index (χ3n) is 2.44. The SMILES string of the molecule is O=C1CCC(Sc2ncccc2C(=O)O)C(=O)N1. The molecular weight excluding hydrogens is 256 g/mol. The molecule has 2 amide bonds. The minimum absolute atomic E-state index is 0.0622. The lowest BCUT2D eigenvalue weighted by atomic mass is 10.1. The highest BCUT2D eigenvalue weighted by Gasteiger charge is 2.29.